The van der Waals surface area contributed by atoms with Crippen molar-refractivity contribution in [3.05, 3.63) is 114 Å². The van der Waals surface area contributed by atoms with Crippen LogP contribution in [0.25, 0.3) is 11.3 Å². The SMILES string of the molecule is O=C(NCc1cncc(-c2ccco2)c1)NC(c1ccccc1)c1ccccc1. The maximum absolute atomic E-state index is 12.6. The van der Waals surface area contributed by atoms with Gasteiger partial charge in [-0.25, -0.2) is 4.79 Å². The molecular formula is C24H21N3O2. The largest absolute Gasteiger partial charge is 0.464 e. The van der Waals surface area contributed by atoms with Crippen molar-refractivity contribution >= 4 is 6.03 Å². The third-order valence-corrected chi connectivity index (χ3v) is 4.59. The lowest BCUT2D eigenvalue weighted by Crippen LogP contribution is -2.38. The molecule has 5 nitrogen and oxygen atoms in total. The third kappa shape index (κ3) is 4.71. The maximum Gasteiger partial charge on any atom is 0.315 e. The number of hydrogen-bond donors (Lipinski definition) is 2. The van der Waals surface area contributed by atoms with Gasteiger partial charge in [0.2, 0.25) is 0 Å². The van der Waals surface area contributed by atoms with Crippen molar-refractivity contribution in [1.82, 2.24) is 15.6 Å². The first-order valence-electron chi connectivity index (χ1n) is 9.41. The summed E-state index contributed by atoms with van der Waals surface area (Å²) in [6.07, 6.45) is 5.10. The number of benzene rings is 2. The van der Waals surface area contributed by atoms with Gasteiger partial charge in [0, 0.05) is 24.5 Å². The molecule has 0 saturated heterocycles. The number of hydrogen-bond acceptors (Lipinski definition) is 3. The maximum atomic E-state index is 12.6. The van der Waals surface area contributed by atoms with Gasteiger partial charge in [0.05, 0.1) is 12.3 Å². The highest BCUT2D eigenvalue weighted by Gasteiger charge is 2.16. The van der Waals surface area contributed by atoms with E-state index in [1.54, 1.807) is 18.7 Å². The Kier molecular flexibility index (Phi) is 5.67. The van der Waals surface area contributed by atoms with E-state index in [4.69, 9.17) is 4.42 Å². The first-order valence-corrected chi connectivity index (χ1v) is 9.41. The summed E-state index contributed by atoms with van der Waals surface area (Å²) in [6.45, 7) is 0.365. The molecule has 0 spiro atoms. The number of carbonyl (C=O) groups excluding carboxylic acids is 1. The van der Waals surface area contributed by atoms with Gasteiger partial charge in [0.1, 0.15) is 5.76 Å². The fourth-order valence-electron chi connectivity index (χ4n) is 3.18. The van der Waals surface area contributed by atoms with Crippen LogP contribution in [-0.2, 0) is 6.54 Å². The summed E-state index contributed by atoms with van der Waals surface area (Å²) in [5.41, 5.74) is 3.82. The Hall–Kier alpha value is -3.86. The lowest BCUT2D eigenvalue weighted by atomic mass is 9.99. The average molecular weight is 383 g/mol. The van der Waals surface area contributed by atoms with Gasteiger partial charge in [-0.3, -0.25) is 4.98 Å². The third-order valence-electron chi connectivity index (χ3n) is 4.59. The fraction of sp³-hybridized carbons (Fsp3) is 0.0833. The van der Waals surface area contributed by atoms with E-state index < -0.39 is 0 Å². The zero-order chi connectivity index (χ0) is 19.9. The number of aromatic nitrogens is 1. The topological polar surface area (TPSA) is 67.2 Å². The van der Waals surface area contributed by atoms with E-state index in [-0.39, 0.29) is 12.1 Å². The molecule has 2 amide bonds. The number of amides is 2. The summed E-state index contributed by atoms with van der Waals surface area (Å²) < 4.78 is 5.41. The van der Waals surface area contributed by atoms with Crippen LogP contribution in [0.5, 0.6) is 0 Å². The number of pyridine rings is 1. The van der Waals surface area contributed by atoms with Gasteiger partial charge >= 0.3 is 6.03 Å². The van der Waals surface area contributed by atoms with Crippen LogP contribution in [0.15, 0.2) is 102 Å². The number of nitrogens with one attached hydrogen (secondary N) is 2. The second kappa shape index (κ2) is 8.89. The highest BCUT2D eigenvalue weighted by molar-refractivity contribution is 5.75. The molecule has 2 N–H and O–H groups in total. The smallest absolute Gasteiger partial charge is 0.315 e. The number of urea groups is 1. The molecule has 0 unspecified atom stereocenters. The Balaban J connectivity index is 1.44. The van der Waals surface area contributed by atoms with Crippen LogP contribution >= 0.6 is 0 Å². The van der Waals surface area contributed by atoms with E-state index in [0.717, 1.165) is 28.0 Å². The first kappa shape index (κ1) is 18.5. The lowest BCUT2D eigenvalue weighted by Gasteiger charge is -2.20. The van der Waals surface area contributed by atoms with E-state index in [2.05, 4.69) is 15.6 Å². The summed E-state index contributed by atoms with van der Waals surface area (Å²) in [7, 11) is 0. The average Bonchev–Trinajstić information content (AvgIpc) is 3.33. The molecule has 0 fully saturated rings. The number of nitrogens with zero attached hydrogens (tertiary/aromatic N) is 1. The number of rotatable bonds is 6. The van der Waals surface area contributed by atoms with E-state index in [1.165, 1.54) is 0 Å². The van der Waals surface area contributed by atoms with Crippen molar-refractivity contribution in [2.75, 3.05) is 0 Å². The standard InChI is InChI=1S/C24H21N3O2/c28-24(26-16-18-14-21(17-25-15-18)22-12-7-13-29-22)27-23(19-8-3-1-4-9-19)20-10-5-2-6-11-20/h1-15,17,23H,16H2,(H2,26,27,28). The molecule has 29 heavy (non-hydrogen) atoms. The molecule has 4 rings (SSSR count). The minimum absolute atomic E-state index is 0.232. The molecule has 0 aliphatic carbocycles. The molecule has 2 aromatic heterocycles. The van der Waals surface area contributed by atoms with Crippen molar-refractivity contribution in [3.63, 3.8) is 0 Å². The summed E-state index contributed by atoms with van der Waals surface area (Å²) in [6, 6.07) is 25.0. The van der Waals surface area contributed by atoms with Crippen molar-refractivity contribution in [2.24, 2.45) is 0 Å². The predicted octanol–water partition coefficient (Wildman–Crippen LogP) is 4.93. The predicted molar refractivity (Wildman–Crippen MR) is 112 cm³/mol. The highest BCUT2D eigenvalue weighted by Crippen LogP contribution is 2.22. The van der Waals surface area contributed by atoms with Gasteiger partial charge in [-0.1, -0.05) is 60.7 Å². The summed E-state index contributed by atoms with van der Waals surface area (Å²) >= 11 is 0. The molecule has 0 bridgehead atoms. The van der Waals surface area contributed by atoms with Crippen LogP contribution in [0.3, 0.4) is 0 Å². The molecule has 0 atom stereocenters. The van der Waals surface area contributed by atoms with Crippen LogP contribution in [-0.4, -0.2) is 11.0 Å². The fourth-order valence-corrected chi connectivity index (χ4v) is 3.18. The Bertz CT molecular complexity index is 1010. The molecule has 0 saturated carbocycles. The molecule has 4 aromatic rings. The van der Waals surface area contributed by atoms with Gasteiger partial charge < -0.3 is 15.1 Å². The van der Waals surface area contributed by atoms with Gasteiger partial charge in [0.15, 0.2) is 0 Å². The van der Waals surface area contributed by atoms with Gasteiger partial charge in [-0.15, -0.1) is 0 Å². The van der Waals surface area contributed by atoms with E-state index >= 15 is 0 Å². The van der Waals surface area contributed by atoms with Gasteiger partial charge in [-0.05, 0) is 34.9 Å². The van der Waals surface area contributed by atoms with Crippen molar-refractivity contribution in [3.8, 4) is 11.3 Å². The Labute approximate surface area is 169 Å². The Morgan fingerprint density at radius 1 is 0.897 bits per heavy atom. The molecule has 2 heterocycles. The monoisotopic (exact) mass is 383 g/mol. The molecular weight excluding hydrogens is 362 g/mol. The van der Waals surface area contributed by atoms with Crippen molar-refractivity contribution in [1.29, 1.82) is 0 Å². The van der Waals surface area contributed by atoms with E-state index in [1.807, 2.05) is 78.9 Å². The van der Waals surface area contributed by atoms with E-state index in [9.17, 15) is 4.79 Å². The normalized spacial score (nSPS) is 10.7. The second-order valence-corrected chi connectivity index (χ2v) is 6.64. The van der Waals surface area contributed by atoms with Gasteiger partial charge in [-0.2, -0.15) is 0 Å². The minimum atomic E-state index is -0.244. The summed E-state index contributed by atoms with van der Waals surface area (Å²) in [5, 5.41) is 5.99. The summed E-state index contributed by atoms with van der Waals surface area (Å²) in [4.78, 5) is 16.9. The minimum Gasteiger partial charge on any atom is -0.464 e. The van der Waals surface area contributed by atoms with Crippen molar-refractivity contribution < 1.29 is 9.21 Å². The van der Waals surface area contributed by atoms with Crippen LogP contribution in [0.1, 0.15) is 22.7 Å². The van der Waals surface area contributed by atoms with Crippen LogP contribution < -0.4 is 10.6 Å². The van der Waals surface area contributed by atoms with Crippen LogP contribution in [0.2, 0.25) is 0 Å². The van der Waals surface area contributed by atoms with Crippen LogP contribution in [0.4, 0.5) is 4.79 Å². The van der Waals surface area contributed by atoms with Crippen LogP contribution in [0, 0.1) is 0 Å². The number of furan rings is 1. The number of carbonyl (C=O) groups is 1. The Morgan fingerprint density at radius 2 is 1.59 bits per heavy atom. The lowest BCUT2D eigenvalue weighted by molar-refractivity contribution is 0.238. The zero-order valence-electron chi connectivity index (χ0n) is 15.8. The molecule has 144 valence electrons. The quantitative estimate of drug-likeness (QED) is 0.496. The van der Waals surface area contributed by atoms with E-state index in [0.29, 0.717) is 6.54 Å². The molecule has 0 radical (unpaired) electrons. The Morgan fingerprint density at radius 3 is 2.21 bits per heavy atom. The summed E-state index contributed by atoms with van der Waals surface area (Å²) in [5.74, 6) is 0.747. The molecule has 0 aliphatic heterocycles. The second-order valence-electron chi connectivity index (χ2n) is 6.64. The molecule has 0 aliphatic rings. The molecule has 2 aromatic carbocycles. The zero-order valence-corrected chi connectivity index (χ0v) is 15.8. The van der Waals surface area contributed by atoms with Crippen molar-refractivity contribution in [2.45, 2.75) is 12.6 Å². The molecule has 5 heteroatoms. The van der Waals surface area contributed by atoms with Gasteiger partial charge in [0.25, 0.3) is 0 Å². The first-order chi connectivity index (χ1) is 14.3. The highest BCUT2D eigenvalue weighted by atomic mass is 16.3.